The van der Waals surface area contributed by atoms with Crippen LogP contribution in [0.3, 0.4) is 0 Å². The van der Waals surface area contributed by atoms with Gasteiger partial charge >= 0.3 is 0 Å². The van der Waals surface area contributed by atoms with Crippen molar-refractivity contribution in [2.24, 2.45) is 0 Å². The van der Waals surface area contributed by atoms with Crippen molar-refractivity contribution in [3.05, 3.63) is 107 Å². The highest BCUT2D eigenvalue weighted by atomic mass is 32.2. The molecule has 0 aliphatic heterocycles. The van der Waals surface area contributed by atoms with Crippen LogP contribution in [-0.2, 0) is 17.0 Å². The van der Waals surface area contributed by atoms with Crippen molar-refractivity contribution in [3.63, 3.8) is 0 Å². The molecule has 1 atom stereocenters. The molecular formula is C36H46N4OS. The van der Waals surface area contributed by atoms with Gasteiger partial charge in [-0.3, -0.25) is 9.36 Å². The number of carbonyl (C=O) groups excluding carboxylic acids is 1. The van der Waals surface area contributed by atoms with Crippen LogP contribution in [0.1, 0.15) is 99.7 Å². The molecule has 0 radical (unpaired) electrons. The van der Waals surface area contributed by atoms with Gasteiger partial charge in [0.2, 0.25) is 5.91 Å². The lowest BCUT2D eigenvalue weighted by atomic mass is 10.0. The summed E-state index contributed by atoms with van der Waals surface area (Å²) in [4.78, 5) is 13.3. The van der Waals surface area contributed by atoms with Crippen molar-refractivity contribution in [1.82, 2.24) is 20.1 Å². The Balaban J connectivity index is 1.48. The average molecular weight is 583 g/mol. The molecule has 42 heavy (non-hydrogen) atoms. The summed E-state index contributed by atoms with van der Waals surface area (Å²) in [6, 6.07) is 28.9. The molecule has 0 aliphatic rings. The Hall–Kier alpha value is -3.38. The van der Waals surface area contributed by atoms with Crippen molar-refractivity contribution in [2.45, 2.75) is 101 Å². The Morgan fingerprint density at radius 2 is 1.36 bits per heavy atom. The first-order valence-electron chi connectivity index (χ1n) is 15.7. The van der Waals surface area contributed by atoms with Gasteiger partial charge in [-0.25, -0.2) is 0 Å². The first kappa shape index (κ1) is 31.6. The van der Waals surface area contributed by atoms with Gasteiger partial charge in [0, 0.05) is 17.9 Å². The molecule has 0 bridgehead atoms. The lowest BCUT2D eigenvalue weighted by Gasteiger charge is -2.20. The molecule has 1 amide bonds. The largest absolute Gasteiger partial charge is 0.346 e. The minimum atomic E-state index is -0.293. The van der Waals surface area contributed by atoms with Gasteiger partial charge < -0.3 is 5.32 Å². The van der Waals surface area contributed by atoms with E-state index in [1.807, 2.05) is 24.3 Å². The summed E-state index contributed by atoms with van der Waals surface area (Å²) in [6.45, 7) is 4.35. The second-order valence-corrected chi connectivity index (χ2v) is 12.1. The highest BCUT2D eigenvalue weighted by Gasteiger charge is 2.25. The van der Waals surface area contributed by atoms with E-state index in [0.717, 1.165) is 40.8 Å². The minimum absolute atomic E-state index is 0.0795. The predicted molar refractivity (Wildman–Crippen MR) is 175 cm³/mol. The molecule has 0 saturated carbocycles. The van der Waals surface area contributed by atoms with Crippen molar-refractivity contribution in [1.29, 1.82) is 0 Å². The van der Waals surface area contributed by atoms with Crippen molar-refractivity contribution >= 4 is 17.7 Å². The number of aromatic nitrogens is 3. The summed E-state index contributed by atoms with van der Waals surface area (Å²) in [5, 5.41) is 13.5. The first-order valence-corrected chi connectivity index (χ1v) is 16.6. The molecular weight excluding hydrogens is 536 g/mol. The number of amides is 1. The van der Waals surface area contributed by atoms with E-state index in [1.165, 1.54) is 56.1 Å². The molecule has 1 heterocycles. The number of carbonyl (C=O) groups is 1. The zero-order valence-electron chi connectivity index (χ0n) is 25.3. The van der Waals surface area contributed by atoms with Gasteiger partial charge in [0.25, 0.3) is 0 Å². The van der Waals surface area contributed by atoms with Gasteiger partial charge in [-0.15, -0.1) is 10.2 Å². The molecule has 0 saturated heterocycles. The van der Waals surface area contributed by atoms with Crippen LogP contribution < -0.4 is 5.32 Å². The molecule has 1 unspecified atom stereocenters. The lowest BCUT2D eigenvalue weighted by molar-refractivity contribution is -0.122. The third-order valence-corrected chi connectivity index (χ3v) is 8.60. The number of hydrogen-bond donors (Lipinski definition) is 1. The van der Waals surface area contributed by atoms with Crippen LogP contribution in [0.25, 0.3) is 5.69 Å². The molecule has 0 fully saturated rings. The van der Waals surface area contributed by atoms with Crippen LogP contribution in [0.5, 0.6) is 0 Å². The summed E-state index contributed by atoms with van der Waals surface area (Å²) in [5.41, 5.74) is 4.59. The van der Waals surface area contributed by atoms with E-state index < -0.39 is 0 Å². The van der Waals surface area contributed by atoms with E-state index in [1.54, 1.807) is 11.8 Å². The van der Waals surface area contributed by atoms with Gasteiger partial charge in [-0.1, -0.05) is 148 Å². The molecule has 0 spiro atoms. The lowest BCUT2D eigenvalue weighted by Crippen LogP contribution is -2.31. The van der Waals surface area contributed by atoms with E-state index >= 15 is 0 Å². The van der Waals surface area contributed by atoms with Gasteiger partial charge in [0.05, 0.1) is 6.04 Å². The van der Waals surface area contributed by atoms with E-state index in [0.29, 0.717) is 12.8 Å². The van der Waals surface area contributed by atoms with Gasteiger partial charge in [-0.05, 0) is 43.0 Å². The maximum absolute atomic E-state index is 13.3. The molecule has 3 aromatic carbocycles. The van der Waals surface area contributed by atoms with Crippen LogP contribution in [0, 0.1) is 6.92 Å². The molecule has 222 valence electrons. The first-order chi connectivity index (χ1) is 20.6. The molecule has 1 aromatic heterocycles. The number of unbranched alkanes of at least 4 members (excludes halogenated alkanes) is 8. The van der Waals surface area contributed by atoms with Crippen molar-refractivity contribution < 1.29 is 4.79 Å². The third-order valence-electron chi connectivity index (χ3n) is 7.60. The molecule has 4 aromatic rings. The minimum Gasteiger partial charge on any atom is -0.346 e. The van der Waals surface area contributed by atoms with Crippen LogP contribution in [0.4, 0.5) is 0 Å². The number of benzene rings is 3. The number of hydrogen-bond acceptors (Lipinski definition) is 4. The van der Waals surface area contributed by atoms with E-state index in [9.17, 15) is 4.79 Å². The molecule has 5 nitrogen and oxygen atoms in total. The summed E-state index contributed by atoms with van der Waals surface area (Å²) < 4.78 is 2.12. The fraction of sp³-hybridized carbons (Fsp3) is 0.417. The normalized spacial score (nSPS) is 11.9. The van der Waals surface area contributed by atoms with Gasteiger partial charge in [0.15, 0.2) is 11.0 Å². The molecule has 6 heteroatoms. The smallest absolute Gasteiger partial charge is 0.220 e. The van der Waals surface area contributed by atoms with Crippen LogP contribution >= 0.6 is 11.8 Å². The fourth-order valence-corrected chi connectivity index (χ4v) is 6.09. The number of nitrogens with one attached hydrogen (secondary N) is 1. The SMILES string of the molecule is CCCCCCCCCCCC(=O)NC(Cc1ccccc1)c1nnc(SCc2ccccc2)n1-c1ccc(C)cc1. The van der Waals surface area contributed by atoms with Crippen LogP contribution in [0.15, 0.2) is 90.1 Å². The van der Waals surface area contributed by atoms with E-state index in [-0.39, 0.29) is 11.9 Å². The van der Waals surface area contributed by atoms with Crippen molar-refractivity contribution in [3.8, 4) is 5.69 Å². The van der Waals surface area contributed by atoms with Crippen LogP contribution in [0.2, 0.25) is 0 Å². The van der Waals surface area contributed by atoms with E-state index in [4.69, 9.17) is 5.10 Å². The Bertz CT molecular complexity index is 1320. The summed E-state index contributed by atoms with van der Waals surface area (Å²) >= 11 is 1.67. The summed E-state index contributed by atoms with van der Waals surface area (Å²) in [6.07, 6.45) is 12.3. The predicted octanol–water partition coefficient (Wildman–Crippen LogP) is 9.19. The second kappa shape index (κ2) is 17.5. The molecule has 1 N–H and O–H groups in total. The molecule has 4 rings (SSSR count). The fourth-order valence-electron chi connectivity index (χ4n) is 5.18. The number of aryl methyl sites for hydroxylation is 1. The van der Waals surface area contributed by atoms with Gasteiger partial charge in [0.1, 0.15) is 0 Å². The Labute approximate surface area is 256 Å². The Morgan fingerprint density at radius 3 is 2.00 bits per heavy atom. The number of nitrogens with zero attached hydrogens (tertiary/aromatic N) is 3. The summed E-state index contributed by atoms with van der Waals surface area (Å²) in [5.74, 6) is 1.63. The topological polar surface area (TPSA) is 59.8 Å². The second-order valence-electron chi connectivity index (χ2n) is 11.2. The quantitative estimate of drug-likeness (QED) is 0.0938. The maximum atomic E-state index is 13.3. The standard InChI is InChI=1S/C36H46N4OS/c1-3-4-5-6-7-8-9-10-17-22-34(41)37-33(27-30-18-13-11-14-19-30)35-38-39-36(42-28-31-20-15-12-16-21-31)40(35)32-25-23-29(2)24-26-32/h11-16,18-21,23-26,33H,3-10,17,22,27-28H2,1-2H3,(H,37,41). The number of rotatable bonds is 18. The van der Waals surface area contributed by atoms with E-state index in [2.05, 4.69) is 89.5 Å². The average Bonchev–Trinajstić information content (AvgIpc) is 3.44. The van der Waals surface area contributed by atoms with Crippen molar-refractivity contribution in [2.75, 3.05) is 0 Å². The van der Waals surface area contributed by atoms with Gasteiger partial charge in [-0.2, -0.15) is 0 Å². The third kappa shape index (κ3) is 10.2. The Kier molecular flexibility index (Phi) is 13.2. The van der Waals surface area contributed by atoms with Crippen LogP contribution in [-0.4, -0.2) is 20.7 Å². The number of thioether (sulfide) groups is 1. The monoisotopic (exact) mass is 582 g/mol. The Morgan fingerprint density at radius 1 is 0.762 bits per heavy atom. The highest BCUT2D eigenvalue weighted by Crippen LogP contribution is 2.29. The highest BCUT2D eigenvalue weighted by molar-refractivity contribution is 7.98. The maximum Gasteiger partial charge on any atom is 0.220 e. The zero-order valence-corrected chi connectivity index (χ0v) is 26.1. The zero-order chi connectivity index (χ0) is 29.4. The molecule has 0 aliphatic carbocycles. The summed E-state index contributed by atoms with van der Waals surface area (Å²) in [7, 11) is 0.